The first-order valence-corrected chi connectivity index (χ1v) is 12.6. The summed E-state index contributed by atoms with van der Waals surface area (Å²) >= 11 is 1.41. The molecule has 190 valence electrons. The lowest BCUT2D eigenvalue weighted by Gasteiger charge is -2.25. The van der Waals surface area contributed by atoms with E-state index in [0.717, 1.165) is 27.4 Å². The number of aliphatic carboxylic acids is 1. The summed E-state index contributed by atoms with van der Waals surface area (Å²) < 4.78 is 18.8. The molecule has 0 spiro atoms. The molecule has 1 unspecified atom stereocenters. The second-order valence-corrected chi connectivity index (χ2v) is 9.50. The minimum Gasteiger partial charge on any atom is -0.497 e. The lowest BCUT2D eigenvalue weighted by Crippen LogP contribution is -2.29. The van der Waals surface area contributed by atoms with Crippen molar-refractivity contribution in [2.75, 3.05) is 12.0 Å². The molecule has 0 saturated carbocycles. The number of amides is 1. The van der Waals surface area contributed by atoms with Gasteiger partial charge in [-0.05, 0) is 71.1 Å². The van der Waals surface area contributed by atoms with Gasteiger partial charge in [-0.2, -0.15) is 0 Å². The number of ether oxygens (including phenoxy) is 1. The molecule has 0 bridgehead atoms. The molecule has 6 nitrogen and oxygen atoms in total. The van der Waals surface area contributed by atoms with E-state index >= 15 is 0 Å². The van der Waals surface area contributed by atoms with Crippen LogP contribution in [-0.2, 0) is 17.9 Å². The van der Waals surface area contributed by atoms with Crippen molar-refractivity contribution < 1.29 is 23.8 Å². The van der Waals surface area contributed by atoms with Gasteiger partial charge in [0.25, 0.3) is 5.91 Å². The minimum atomic E-state index is -0.980. The first-order valence-electron chi connectivity index (χ1n) is 11.7. The zero-order valence-corrected chi connectivity index (χ0v) is 21.1. The molecule has 4 aromatic rings. The summed E-state index contributed by atoms with van der Waals surface area (Å²) in [5.74, 6) is -0.838. The molecule has 8 heteroatoms. The van der Waals surface area contributed by atoms with Gasteiger partial charge in [-0.3, -0.25) is 9.59 Å². The van der Waals surface area contributed by atoms with Gasteiger partial charge in [0.2, 0.25) is 0 Å². The standard InChI is InChI=1S/C29H27FN2O4S/c1-36-25-14-6-21(7-15-25)19-32(24-12-10-23(30)11-13-24)18-20-4-8-22(9-5-20)29(35)31-26(17-28(33)34)27-3-2-16-37-27/h2-16,26H,17-19H2,1H3,(H,31,35)(H,33,34). The molecule has 37 heavy (non-hydrogen) atoms. The first kappa shape index (κ1) is 25.9. The smallest absolute Gasteiger partial charge is 0.305 e. The van der Waals surface area contributed by atoms with E-state index in [2.05, 4.69) is 10.2 Å². The number of methoxy groups -OCH3 is 1. The van der Waals surface area contributed by atoms with Crippen molar-refractivity contribution in [2.45, 2.75) is 25.6 Å². The predicted octanol–water partition coefficient (Wildman–Crippen LogP) is 6.05. The van der Waals surface area contributed by atoms with Gasteiger partial charge in [-0.25, -0.2) is 4.39 Å². The molecule has 0 saturated heterocycles. The summed E-state index contributed by atoms with van der Waals surface area (Å²) in [6.45, 7) is 1.13. The fraction of sp³-hybridized carbons (Fsp3) is 0.172. The summed E-state index contributed by atoms with van der Waals surface area (Å²) in [6.07, 6.45) is -0.192. The number of nitrogens with zero attached hydrogens (tertiary/aromatic N) is 1. The van der Waals surface area contributed by atoms with Crippen molar-refractivity contribution in [1.29, 1.82) is 0 Å². The molecule has 1 amide bonds. The van der Waals surface area contributed by atoms with Crippen LogP contribution in [-0.4, -0.2) is 24.1 Å². The van der Waals surface area contributed by atoms with Crippen LogP contribution in [0.15, 0.2) is 90.3 Å². The van der Waals surface area contributed by atoms with Crippen LogP contribution in [0, 0.1) is 5.82 Å². The zero-order valence-electron chi connectivity index (χ0n) is 20.3. The van der Waals surface area contributed by atoms with Gasteiger partial charge < -0.3 is 20.1 Å². The summed E-state index contributed by atoms with van der Waals surface area (Å²) in [6, 6.07) is 24.4. The second kappa shape index (κ2) is 12.2. The minimum absolute atomic E-state index is 0.192. The number of carboxylic acids is 1. The van der Waals surface area contributed by atoms with Crippen molar-refractivity contribution in [2.24, 2.45) is 0 Å². The van der Waals surface area contributed by atoms with Crippen molar-refractivity contribution in [3.63, 3.8) is 0 Å². The van der Waals surface area contributed by atoms with Crippen LogP contribution in [0.3, 0.4) is 0 Å². The van der Waals surface area contributed by atoms with E-state index in [9.17, 15) is 19.1 Å². The normalized spacial score (nSPS) is 11.5. The highest BCUT2D eigenvalue weighted by Crippen LogP contribution is 2.24. The van der Waals surface area contributed by atoms with Gasteiger partial charge in [0, 0.05) is 29.2 Å². The average Bonchev–Trinajstić information content (AvgIpc) is 3.44. The van der Waals surface area contributed by atoms with Crippen LogP contribution in [0.5, 0.6) is 5.75 Å². The molecule has 3 aromatic carbocycles. The van der Waals surface area contributed by atoms with Crippen molar-refractivity contribution >= 4 is 28.9 Å². The number of hydrogen-bond acceptors (Lipinski definition) is 5. The lowest BCUT2D eigenvalue weighted by molar-refractivity contribution is -0.137. The molecular formula is C29H27FN2O4S. The van der Waals surface area contributed by atoms with Crippen LogP contribution in [0.4, 0.5) is 10.1 Å². The highest BCUT2D eigenvalue weighted by molar-refractivity contribution is 7.10. The number of carbonyl (C=O) groups is 2. The lowest BCUT2D eigenvalue weighted by atomic mass is 10.1. The second-order valence-electron chi connectivity index (χ2n) is 8.52. The van der Waals surface area contributed by atoms with Crippen LogP contribution in [0.2, 0.25) is 0 Å². The first-order chi connectivity index (χ1) is 17.9. The van der Waals surface area contributed by atoms with Gasteiger partial charge in [0.15, 0.2) is 0 Å². The van der Waals surface area contributed by atoms with Crippen LogP contribution >= 0.6 is 11.3 Å². The fourth-order valence-electron chi connectivity index (χ4n) is 3.95. The van der Waals surface area contributed by atoms with Gasteiger partial charge in [0.05, 0.1) is 19.6 Å². The number of halogens is 1. The Hall–Kier alpha value is -4.17. The molecule has 2 N–H and O–H groups in total. The molecule has 0 radical (unpaired) electrons. The van der Waals surface area contributed by atoms with E-state index in [0.29, 0.717) is 18.7 Å². The Labute approximate surface area is 219 Å². The Morgan fingerprint density at radius 3 is 2.11 bits per heavy atom. The highest BCUT2D eigenvalue weighted by atomic mass is 32.1. The van der Waals surface area contributed by atoms with Gasteiger partial charge >= 0.3 is 5.97 Å². The Bertz CT molecular complexity index is 1310. The average molecular weight is 519 g/mol. The van der Waals surface area contributed by atoms with Gasteiger partial charge in [0.1, 0.15) is 11.6 Å². The summed E-state index contributed by atoms with van der Waals surface area (Å²) in [7, 11) is 1.62. The van der Waals surface area contributed by atoms with Crippen LogP contribution < -0.4 is 15.0 Å². The molecule has 1 heterocycles. The Kier molecular flexibility index (Phi) is 8.53. The van der Waals surface area contributed by atoms with E-state index in [1.165, 1.54) is 23.5 Å². The maximum absolute atomic E-state index is 13.6. The quantitative estimate of drug-likeness (QED) is 0.253. The topological polar surface area (TPSA) is 78.9 Å². The van der Waals surface area contributed by atoms with Crippen molar-refractivity contribution in [3.05, 3.63) is 118 Å². The molecule has 0 fully saturated rings. The van der Waals surface area contributed by atoms with Gasteiger partial charge in [-0.15, -0.1) is 11.3 Å². The van der Waals surface area contributed by atoms with Crippen LogP contribution in [0.25, 0.3) is 0 Å². The summed E-state index contributed by atoms with van der Waals surface area (Å²) in [5.41, 5.74) is 3.35. The van der Waals surface area contributed by atoms with Crippen molar-refractivity contribution in [1.82, 2.24) is 5.32 Å². The number of benzene rings is 3. The number of nitrogens with one attached hydrogen (secondary N) is 1. The Morgan fingerprint density at radius 1 is 0.946 bits per heavy atom. The molecule has 1 atom stereocenters. The number of anilines is 1. The monoisotopic (exact) mass is 518 g/mol. The summed E-state index contributed by atoms with van der Waals surface area (Å²) in [5, 5.41) is 13.9. The maximum atomic E-state index is 13.6. The van der Waals surface area contributed by atoms with E-state index in [-0.39, 0.29) is 18.1 Å². The number of rotatable bonds is 11. The third kappa shape index (κ3) is 7.17. The third-order valence-electron chi connectivity index (χ3n) is 5.88. The molecular weight excluding hydrogens is 491 g/mol. The van der Waals surface area contributed by atoms with Crippen molar-refractivity contribution in [3.8, 4) is 5.75 Å². The van der Waals surface area contributed by atoms with Crippen LogP contribution in [0.1, 0.15) is 38.8 Å². The molecule has 0 aliphatic heterocycles. The predicted molar refractivity (Wildman–Crippen MR) is 143 cm³/mol. The fourth-order valence-corrected chi connectivity index (χ4v) is 4.73. The summed E-state index contributed by atoms with van der Waals surface area (Å²) in [4.78, 5) is 27.1. The van der Waals surface area contributed by atoms with E-state index < -0.39 is 12.0 Å². The molecule has 0 aliphatic rings. The number of thiophene rings is 1. The maximum Gasteiger partial charge on any atom is 0.305 e. The molecule has 1 aromatic heterocycles. The molecule has 4 rings (SSSR count). The highest BCUT2D eigenvalue weighted by Gasteiger charge is 2.20. The van der Waals surface area contributed by atoms with E-state index in [1.807, 2.05) is 53.9 Å². The van der Waals surface area contributed by atoms with E-state index in [4.69, 9.17) is 4.74 Å². The number of carboxylic acid groups (broad SMARTS) is 1. The number of hydrogen-bond donors (Lipinski definition) is 2. The Balaban J connectivity index is 1.48. The zero-order chi connectivity index (χ0) is 26.2. The number of carbonyl (C=O) groups excluding carboxylic acids is 1. The SMILES string of the molecule is COc1ccc(CN(Cc2ccc(C(=O)NC(CC(=O)O)c3cccs3)cc2)c2ccc(F)cc2)cc1. The largest absolute Gasteiger partial charge is 0.497 e. The third-order valence-corrected chi connectivity index (χ3v) is 6.87. The Morgan fingerprint density at radius 2 is 1.57 bits per heavy atom. The van der Waals surface area contributed by atoms with E-state index in [1.54, 1.807) is 31.4 Å². The van der Waals surface area contributed by atoms with Gasteiger partial charge in [-0.1, -0.05) is 30.3 Å². The molecule has 0 aliphatic carbocycles.